The molecule has 4 heteroatoms. The predicted molar refractivity (Wildman–Crippen MR) is 98.4 cm³/mol. The molecule has 1 atom stereocenters. The molecule has 0 N–H and O–H groups in total. The van der Waals surface area contributed by atoms with Crippen molar-refractivity contribution in [2.45, 2.75) is 37.7 Å². The van der Waals surface area contributed by atoms with Crippen molar-refractivity contribution < 1.29 is 9.47 Å². The number of fused-ring (bicyclic) bond motifs is 1. The number of pyridine rings is 1. The SMILES string of the molecule is COc1ccc2c(c1)C(CN1CCC(Oc3cccnc3)CC1)CC2. The molecule has 1 aromatic carbocycles. The number of aromatic nitrogens is 1. The van der Waals surface area contributed by atoms with Crippen molar-refractivity contribution in [3.8, 4) is 11.5 Å². The van der Waals surface area contributed by atoms with Gasteiger partial charge < -0.3 is 14.4 Å². The van der Waals surface area contributed by atoms with Gasteiger partial charge in [-0.2, -0.15) is 0 Å². The minimum absolute atomic E-state index is 0.316. The van der Waals surface area contributed by atoms with Gasteiger partial charge in [0, 0.05) is 25.8 Å². The van der Waals surface area contributed by atoms with Crippen molar-refractivity contribution in [3.63, 3.8) is 0 Å². The topological polar surface area (TPSA) is 34.6 Å². The molecule has 0 saturated carbocycles. The van der Waals surface area contributed by atoms with E-state index in [1.54, 1.807) is 19.5 Å². The Morgan fingerprint density at radius 1 is 1.12 bits per heavy atom. The van der Waals surface area contributed by atoms with Crippen LogP contribution in [-0.4, -0.2) is 42.7 Å². The van der Waals surface area contributed by atoms with E-state index in [2.05, 4.69) is 28.1 Å². The molecule has 132 valence electrons. The molecule has 4 nitrogen and oxygen atoms in total. The highest BCUT2D eigenvalue weighted by molar-refractivity contribution is 5.41. The van der Waals surface area contributed by atoms with Gasteiger partial charge >= 0.3 is 0 Å². The number of nitrogens with zero attached hydrogens (tertiary/aromatic N) is 2. The summed E-state index contributed by atoms with van der Waals surface area (Å²) >= 11 is 0. The summed E-state index contributed by atoms with van der Waals surface area (Å²) in [6.07, 6.45) is 8.54. The summed E-state index contributed by atoms with van der Waals surface area (Å²) in [7, 11) is 1.75. The fraction of sp³-hybridized carbons (Fsp3) is 0.476. The van der Waals surface area contributed by atoms with Gasteiger partial charge in [0.2, 0.25) is 0 Å². The van der Waals surface area contributed by atoms with E-state index >= 15 is 0 Å². The number of ether oxygens (including phenoxy) is 2. The van der Waals surface area contributed by atoms with Crippen LogP contribution in [0.25, 0.3) is 0 Å². The Labute approximate surface area is 149 Å². The number of aryl methyl sites for hydroxylation is 1. The first kappa shape index (κ1) is 16.4. The summed E-state index contributed by atoms with van der Waals surface area (Å²) in [5, 5.41) is 0. The van der Waals surface area contributed by atoms with E-state index in [0.717, 1.165) is 44.0 Å². The van der Waals surface area contributed by atoms with Gasteiger partial charge in [-0.15, -0.1) is 0 Å². The Bertz CT molecular complexity index is 696. The molecule has 1 fully saturated rings. The van der Waals surface area contributed by atoms with E-state index in [0.29, 0.717) is 12.0 Å². The van der Waals surface area contributed by atoms with Crippen molar-refractivity contribution in [2.75, 3.05) is 26.7 Å². The zero-order chi connectivity index (χ0) is 17.1. The third-order valence-electron chi connectivity index (χ3n) is 5.51. The average molecular weight is 338 g/mol. The van der Waals surface area contributed by atoms with Crippen molar-refractivity contribution >= 4 is 0 Å². The summed E-state index contributed by atoms with van der Waals surface area (Å²) in [5.41, 5.74) is 2.99. The molecule has 1 aliphatic heterocycles. The molecule has 0 amide bonds. The van der Waals surface area contributed by atoms with Crippen LogP contribution in [0.1, 0.15) is 36.3 Å². The maximum atomic E-state index is 6.05. The quantitative estimate of drug-likeness (QED) is 0.833. The summed E-state index contributed by atoms with van der Waals surface area (Å²) < 4.78 is 11.5. The van der Waals surface area contributed by atoms with Crippen molar-refractivity contribution in [1.82, 2.24) is 9.88 Å². The number of methoxy groups -OCH3 is 1. The van der Waals surface area contributed by atoms with Crippen LogP contribution in [0, 0.1) is 0 Å². The van der Waals surface area contributed by atoms with Crippen LogP contribution in [0.4, 0.5) is 0 Å². The summed E-state index contributed by atoms with van der Waals surface area (Å²) in [6.45, 7) is 3.38. The first-order valence-corrected chi connectivity index (χ1v) is 9.27. The van der Waals surface area contributed by atoms with Gasteiger partial charge in [-0.1, -0.05) is 6.07 Å². The smallest absolute Gasteiger partial charge is 0.137 e. The molecule has 0 spiro atoms. The number of hydrogen-bond acceptors (Lipinski definition) is 4. The van der Waals surface area contributed by atoms with Gasteiger partial charge in [-0.05, 0) is 67.0 Å². The minimum Gasteiger partial charge on any atom is -0.497 e. The Hall–Kier alpha value is -2.07. The normalized spacial score (nSPS) is 21.1. The molecule has 2 aromatic rings. The van der Waals surface area contributed by atoms with Crippen LogP contribution in [0.2, 0.25) is 0 Å². The molecule has 25 heavy (non-hydrogen) atoms. The Kier molecular flexibility index (Phi) is 4.88. The van der Waals surface area contributed by atoms with Crippen LogP contribution in [0.3, 0.4) is 0 Å². The highest BCUT2D eigenvalue weighted by atomic mass is 16.5. The van der Waals surface area contributed by atoms with E-state index in [-0.39, 0.29) is 0 Å². The van der Waals surface area contributed by atoms with E-state index in [1.165, 1.54) is 24.0 Å². The Morgan fingerprint density at radius 3 is 2.76 bits per heavy atom. The fourth-order valence-corrected chi connectivity index (χ4v) is 4.11. The van der Waals surface area contributed by atoms with Crippen LogP contribution >= 0.6 is 0 Å². The van der Waals surface area contributed by atoms with Gasteiger partial charge in [-0.3, -0.25) is 4.98 Å². The molecule has 2 heterocycles. The lowest BCUT2D eigenvalue weighted by atomic mass is 9.98. The van der Waals surface area contributed by atoms with E-state index in [1.807, 2.05) is 12.1 Å². The number of rotatable bonds is 5. The maximum Gasteiger partial charge on any atom is 0.137 e. The molecular weight excluding hydrogens is 312 g/mol. The first-order valence-electron chi connectivity index (χ1n) is 9.27. The lowest BCUT2D eigenvalue weighted by Crippen LogP contribution is -2.40. The molecule has 1 unspecified atom stereocenters. The highest BCUT2D eigenvalue weighted by Gasteiger charge is 2.27. The molecular formula is C21H26N2O2. The van der Waals surface area contributed by atoms with Gasteiger partial charge in [0.15, 0.2) is 0 Å². The van der Waals surface area contributed by atoms with Crippen molar-refractivity contribution in [1.29, 1.82) is 0 Å². The van der Waals surface area contributed by atoms with E-state index in [9.17, 15) is 0 Å². The summed E-state index contributed by atoms with van der Waals surface area (Å²) in [5.74, 6) is 2.51. The van der Waals surface area contributed by atoms with Crippen LogP contribution in [-0.2, 0) is 6.42 Å². The summed E-state index contributed by atoms with van der Waals surface area (Å²) in [6, 6.07) is 10.5. The predicted octanol–water partition coefficient (Wildman–Crippen LogP) is 3.66. The fourth-order valence-electron chi connectivity index (χ4n) is 4.11. The molecule has 1 aromatic heterocycles. The van der Waals surface area contributed by atoms with E-state index in [4.69, 9.17) is 9.47 Å². The molecule has 4 rings (SSSR count). The summed E-state index contributed by atoms with van der Waals surface area (Å²) in [4.78, 5) is 6.72. The van der Waals surface area contributed by atoms with Gasteiger partial charge in [0.25, 0.3) is 0 Å². The molecule has 1 aliphatic carbocycles. The maximum absolute atomic E-state index is 6.05. The zero-order valence-corrected chi connectivity index (χ0v) is 14.9. The van der Waals surface area contributed by atoms with E-state index < -0.39 is 0 Å². The zero-order valence-electron chi connectivity index (χ0n) is 14.9. The first-order chi connectivity index (χ1) is 12.3. The minimum atomic E-state index is 0.316. The molecule has 0 bridgehead atoms. The lowest BCUT2D eigenvalue weighted by Gasteiger charge is -2.33. The Morgan fingerprint density at radius 2 is 2.00 bits per heavy atom. The highest BCUT2D eigenvalue weighted by Crippen LogP contribution is 2.36. The second-order valence-corrected chi connectivity index (χ2v) is 7.11. The third kappa shape index (κ3) is 3.79. The van der Waals surface area contributed by atoms with Gasteiger partial charge in [0.05, 0.1) is 13.3 Å². The second-order valence-electron chi connectivity index (χ2n) is 7.11. The monoisotopic (exact) mass is 338 g/mol. The number of hydrogen-bond donors (Lipinski definition) is 0. The number of piperidine rings is 1. The third-order valence-corrected chi connectivity index (χ3v) is 5.51. The van der Waals surface area contributed by atoms with Gasteiger partial charge in [0.1, 0.15) is 17.6 Å². The largest absolute Gasteiger partial charge is 0.497 e. The van der Waals surface area contributed by atoms with Crippen LogP contribution in [0.5, 0.6) is 11.5 Å². The van der Waals surface area contributed by atoms with Crippen LogP contribution in [0.15, 0.2) is 42.7 Å². The standard InChI is InChI=1S/C21H26N2O2/c1-24-19-7-6-16-4-5-17(21(16)13-19)15-23-11-8-18(9-12-23)25-20-3-2-10-22-14-20/h2-3,6-7,10,13-14,17-18H,4-5,8-9,11-12,15H2,1H3. The lowest BCUT2D eigenvalue weighted by molar-refractivity contribution is 0.0966. The van der Waals surface area contributed by atoms with Crippen molar-refractivity contribution in [2.24, 2.45) is 0 Å². The molecule has 1 saturated heterocycles. The Balaban J connectivity index is 1.31. The molecule has 2 aliphatic rings. The van der Waals surface area contributed by atoms with Gasteiger partial charge in [-0.25, -0.2) is 0 Å². The second kappa shape index (κ2) is 7.44. The number of likely N-dealkylation sites (tertiary alicyclic amines) is 1. The van der Waals surface area contributed by atoms with Crippen LogP contribution < -0.4 is 9.47 Å². The van der Waals surface area contributed by atoms with Crippen molar-refractivity contribution in [3.05, 3.63) is 53.9 Å². The molecule has 0 radical (unpaired) electrons. The average Bonchev–Trinajstić information content (AvgIpc) is 3.06. The number of benzene rings is 1.